The molecule has 110 valence electrons. The van der Waals surface area contributed by atoms with Crippen molar-refractivity contribution in [3.63, 3.8) is 0 Å². The average Bonchev–Trinajstić information content (AvgIpc) is 2.48. The smallest absolute Gasteiger partial charge is 0.261 e. The third-order valence-corrected chi connectivity index (χ3v) is 3.16. The molecule has 2 atom stereocenters. The van der Waals surface area contributed by atoms with Crippen LogP contribution in [0.2, 0.25) is 0 Å². The highest BCUT2D eigenvalue weighted by molar-refractivity contribution is 5.81. The molecule has 0 radical (unpaired) electrons. The number of benzene rings is 1. The lowest BCUT2D eigenvalue weighted by Gasteiger charge is -2.18. The fraction of sp³-hybridized carbons (Fsp3) is 0.294. The molecule has 4 heteroatoms. The molecule has 0 fully saturated rings. The van der Waals surface area contributed by atoms with Crippen molar-refractivity contribution in [2.24, 2.45) is 0 Å². The number of carbonyl (C=O) groups excluding carboxylic acids is 1. The van der Waals surface area contributed by atoms with Crippen molar-refractivity contribution in [1.82, 2.24) is 10.3 Å². The van der Waals surface area contributed by atoms with E-state index < -0.39 is 6.10 Å². The maximum atomic E-state index is 12.2. The molecule has 2 unspecified atom stereocenters. The van der Waals surface area contributed by atoms with Crippen molar-refractivity contribution in [3.05, 3.63) is 59.9 Å². The van der Waals surface area contributed by atoms with Crippen molar-refractivity contribution < 1.29 is 9.53 Å². The van der Waals surface area contributed by atoms with E-state index in [0.717, 1.165) is 11.3 Å². The van der Waals surface area contributed by atoms with Gasteiger partial charge in [0, 0.05) is 6.20 Å². The number of hydrogen-bond donors (Lipinski definition) is 1. The molecule has 0 aliphatic rings. The van der Waals surface area contributed by atoms with Crippen LogP contribution < -0.4 is 10.1 Å². The summed E-state index contributed by atoms with van der Waals surface area (Å²) in [7, 11) is 0. The molecule has 1 heterocycles. The molecule has 0 saturated heterocycles. The molecule has 21 heavy (non-hydrogen) atoms. The number of ether oxygens (including phenoxy) is 1. The Morgan fingerprint density at radius 2 is 2.00 bits per heavy atom. The zero-order valence-electron chi connectivity index (χ0n) is 12.5. The minimum atomic E-state index is -0.557. The lowest BCUT2D eigenvalue weighted by molar-refractivity contribution is -0.127. The highest BCUT2D eigenvalue weighted by Crippen LogP contribution is 2.15. The van der Waals surface area contributed by atoms with Crippen LogP contribution in [0.3, 0.4) is 0 Å². The van der Waals surface area contributed by atoms with Gasteiger partial charge < -0.3 is 10.1 Å². The summed E-state index contributed by atoms with van der Waals surface area (Å²) >= 11 is 0. The molecule has 1 aromatic heterocycles. The molecular formula is C17H20N2O2. The van der Waals surface area contributed by atoms with Gasteiger partial charge in [-0.2, -0.15) is 0 Å². The normalized spacial score (nSPS) is 13.3. The summed E-state index contributed by atoms with van der Waals surface area (Å²) in [4.78, 5) is 16.4. The zero-order chi connectivity index (χ0) is 15.2. The maximum absolute atomic E-state index is 12.2. The van der Waals surface area contributed by atoms with Crippen LogP contribution >= 0.6 is 0 Å². The molecule has 4 nitrogen and oxygen atoms in total. The third-order valence-electron chi connectivity index (χ3n) is 3.16. The zero-order valence-corrected chi connectivity index (χ0v) is 12.5. The van der Waals surface area contributed by atoms with Crippen LogP contribution in [0.5, 0.6) is 5.75 Å². The van der Waals surface area contributed by atoms with E-state index >= 15 is 0 Å². The largest absolute Gasteiger partial charge is 0.481 e. The fourth-order valence-electron chi connectivity index (χ4n) is 1.98. The van der Waals surface area contributed by atoms with Gasteiger partial charge in [0.1, 0.15) is 5.75 Å². The lowest BCUT2D eigenvalue weighted by atomic mass is 10.2. The van der Waals surface area contributed by atoms with Gasteiger partial charge in [-0.25, -0.2) is 0 Å². The van der Waals surface area contributed by atoms with E-state index in [2.05, 4.69) is 10.3 Å². The first-order valence-corrected chi connectivity index (χ1v) is 7.01. The van der Waals surface area contributed by atoms with Gasteiger partial charge in [0.2, 0.25) is 0 Å². The second-order valence-electron chi connectivity index (χ2n) is 5.06. The highest BCUT2D eigenvalue weighted by Gasteiger charge is 2.18. The van der Waals surface area contributed by atoms with Crippen molar-refractivity contribution in [2.75, 3.05) is 0 Å². The minimum absolute atomic E-state index is 0.151. The van der Waals surface area contributed by atoms with Crippen molar-refractivity contribution in [2.45, 2.75) is 32.9 Å². The molecule has 2 aromatic rings. The number of amides is 1. The first-order valence-electron chi connectivity index (χ1n) is 7.01. The van der Waals surface area contributed by atoms with Gasteiger partial charge in [0.25, 0.3) is 5.91 Å². The van der Waals surface area contributed by atoms with Crippen LogP contribution in [0, 0.1) is 6.92 Å². The summed E-state index contributed by atoms with van der Waals surface area (Å²) in [6, 6.07) is 13.1. The van der Waals surface area contributed by atoms with E-state index in [1.807, 2.05) is 56.3 Å². The molecule has 0 spiro atoms. The Morgan fingerprint density at radius 1 is 1.19 bits per heavy atom. The van der Waals surface area contributed by atoms with Crippen LogP contribution in [-0.4, -0.2) is 17.0 Å². The second-order valence-corrected chi connectivity index (χ2v) is 5.06. The summed E-state index contributed by atoms with van der Waals surface area (Å²) in [6.45, 7) is 5.63. The van der Waals surface area contributed by atoms with E-state index in [-0.39, 0.29) is 11.9 Å². The summed E-state index contributed by atoms with van der Waals surface area (Å²) in [5.74, 6) is 0.540. The van der Waals surface area contributed by atoms with Gasteiger partial charge in [0.15, 0.2) is 6.10 Å². The Bertz CT molecular complexity index is 599. The van der Waals surface area contributed by atoms with Crippen molar-refractivity contribution in [3.8, 4) is 5.75 Å². The molecule has 0 saturated carbocycles. The van der Waals surface area contributed by atoms with Gasteiger partial charge in [-0.15, -0.1) is 0 Å². The molecule has 0 bridgehead atoms. The second kappa shape index (κ2) is 6.88. The topological polar surface area (TPSA) is 51.2 Å². The van der Waals surface area contributed by atoms with E-state index in [9.17, 15) is 4.79 Å². The fourth-order valence-corrected chi connectivity index (χ4v) is 1.98. The average molecular weight is 284 g/mol. The van der Waals surface area contributed by atoms with Gasteiger partial charge in [-0.1, -0.05) is 18.2 Å². The highest BCUT2D eigenvalue weighted by atomic mass is 16.5. The van der Waals surface area contributed by atoms with Gasteiger partial charge >= 0.3 is 0 Å². The Balaban J connectivity index is 1.94. The van der Waals surface area contributed by atoms with Crippen LogP contribution in [0.4, 0.5) is 0 Å². The number of nitrogens with zero attached hydrogens (tertiary/aromatic N) is 1. The Labute approximate surface area is 125 Å². The van der Waals surface area contributed by atoms with E-state index in [4.69, 9.17) is 4.74 Å². The Hall–Kier alpha value is -2.36. The van der Waals surface area contributed by atoms with Gasteiger partial charge in [-0.3, -0.25) is 9.78 Å². The Morgan fingerprint density at radius 3 is 2.67 bits per heavy atom. The van der Waals surface area contributed by atoms with E-state index in [0.29, 0.717) is 5.75 Å². The molecule has 0 aliphatic carbocycles. The standard InChI is InChI=1S/C17H20N2O2/c1-12-7-6-8-15(11-12)21-14(3)17(20)19-13(2)16-9-4-5-10-18-16/h4-11,13-14H,1-3H3,(H,19,20). The summed E-state index contributed by atoms with van der Waals surface area (Å²) in [5, 5.41) is 2.90. The third kappa shape index (κ3) is 4.31. The maximum Gasteiger partial charge on any atom is 0.261 e. The number of rotatable bonds is 5. The summed E-state index contributed by atoms with van der Waals surface area (Å²) in [6.07, 6.45) is 1.16. The lowest BCUT2D eigenvalue weighted by Crippen LogP contribution is -2.38. The van der Waals surface area contributed by atoms with E-state index in [1.54, 1.807) is 13.1 Å². The molecule has 2 rings (SSSR count). The molecular weight excluding hydrogens is 264 g/mol. The first kappa shape index (κ1) is 15.0. The SMILES string of the molecule is Cc1cccc(OC(C)C(=O)NC(C)c2ccccn2)c1. The van der Waals surface area contributed by atoms with Gasteiger partial charge in [-0.05, 0) is 50.6 Å². The minimum Gasteiger partial charge on any atom is -0.481 e. The monoisotopic (exact) mass is 284 g/mol. The summed E-state index contributed by atoms with van der Waals surface area (Å²) < 4.78 is 5.66. The number of aryl methyl sites for hydroxylation is 1. The number of hydrogen-bond acceptors (Lipinski definition) is 3. The Kier molecular flexibility index (Phi) is 4.93. The predicted octanol–water partition coefficient (Wildman–Crippen LogP) is 3.03. The number of carbonyl (C=O) groups is 1. The molecule has 1 N–H and O–H groups in total. The molecule has 1 aromatic carbocycles. The van der Waals surface area contributed by atoms with Crippen molar-refractivity contribution >= 4 is 5.91 Å². The van der Waals surface area contributed by atoms with Crippen molar-refractivity contribution in [1.29, 1.82) is 0 Å². The van der Waals surface area contributed by atoms with Gasteiger partial charge in [0.05, 0.1) is 11.7 Å². The van der Waals surface area contributed by atoms with Crippen LogP contribution in [0.15, 0.2) is 48.7 Å². The predicted molar refractivity (Wildman–Crippen MR) is 82.1 cm³/mol. The number of nitrogens with one attached hydrogen (secondary N) is 1. The van der Waals surface area contributed by atoms with Crippen LogP contribution in [-0.2, 0) is 4.79 Å². The molecule has 0 aliphatic heterocycles. The molecule has 1 amide bonds. The number of pyridine rings is 1. The van der Waals surface area contributed by atoms with Crippen LogP contribution in [0.1, 0.15) is 31.1 Å². The summed E-state index contributed by atoms with van der Waals surface area (Å²) in [5.41, 5.74) is 1.93. The van der Waals surface area contributed by atoms with E-state index in [1.165, 1.54) is 0 Å². The first-order chi connectivity index (χ1) is 10.1. The quantitative estimate of drug-likeness (QED) is 0.918. The van der Waals surface area contributed by atoms with Crippen LogP contribution in [0.25, 0.3) is 0 Å². The number of aromatic nitrogens is 1.